The summed E-state index contributed by atoms with van der Waals surface area (Å²) >= 11 is 0.956. The first-order valence-electron chi connectivity index (χ1n) is 9.75. The standard InChI is InChI=1S/C21H21F4N5O2S/c1-11(26)10-30(2)18(31)17(21(23,24)25)12-3-8-15-16(9-12)33-20(28-15)29-19(32)27-14-6-4-13(22)5-7-14/h3-9,11,17H,10,26H2,1-2H3,(H2,27,28,29,32)/t11-,17+/m0/s1. The molecule has 2 atom stereocenters. The molecule has 0 saturated heterocycles. The highest BCUT2D eigenvalue weighted by Crippen LogP contribution is 2.38. The maximum Gasteiger partial charge on any atom is 0.404 e. The highest BCUT2D eigenvalue weighted by molar-refractivity contribution is 7.22. The first kappa shape index (κ1) is 24.4. The molecule has 2 aromatic carbocycles. The Kier molecular flexibility index (Phi) is 7.18. The molecular formula is C21H21F4N5O2S. The van der Waals surface area contributed by atoms with Crippen molar-refractivity contribution in [1.29, 1.82) is 0 Å². The van der Waals surface area contributed by atoms with Crippen LogP contribution in [0.1, 0.15) is 18.4 Å². The number of alkyl halides is 3. The zero-order chi connectivity index (χ0) is 24.3. The smallest absolute Gasteiger partial charge is 0.343 e. The minimum Gasteiger partial charge on any atom is -0.343 e. The third-order valence-electron chi connectivity index (χ3n) is 4.58. The van der Waals surface area contributed by atoms with Crippen molar-refractivity contribution in [3.63, 3.8) is 0 Å². The van der Waals surface area contributed by atoms with Crippen LogP contribution < -0.4 is 16.4 Å². The lowest BCUT2D eigenvalue weighted by Crippen LogP contribution is -2.43. The van der Waals surface area contributed by atoms with Crippen LogP contribution in [0.5, 0.6) is 0 Å². The number of hydrogen-bond donors (Lipinski definition) is 3. The molecule has 0 aliphatic carbocycles. The van der Waals surface area contributed by atoms with Gasteiger partial charge in [-0.3, -0.25) is 10.1 Å². The van der Waals surface area contributed by atoms with Crippen LogP contribution >= 0.6 is 11.3 Å². The third kappa shape index (κ3) is 6.17. The number of rotatable bonds is 6. The van der Waals surface area contributed by atoms with Crippen molar-refractivity contribution in [3.8, 4) is 0 Å². The summed E-state index contributed by atoms with van der Waals surface area (Å²) in [4.78, 5) is 29.8. The summed E-state index contributed by atoms with van der Waals surface area (Å²) in [6.45, 7) is 1.57. The average Bonchev–Trinajstić information content (AvgIpc) is 3.09. The van der Waals surface area contributed by atoms with Crippen LogP contribution in [-0.2, 0) is 4.79 Å². The minimum absolute atomic E-state index is 0.0224. The number of likely N-dealkylation sites (N-methyl/N-ethyl adjacent to an activating group) is 1. The van der Waals surface area contributed by atoms with E-state index in [1.54, 1.807) is 6.92 Å². The monoisotopic (exact) mass is 483 g/mol. The summed E-state index contributed by atoms with van der Waals surface area (Å²) in [6, 6.07) is 7.77. The van der Waals surface area contributed by atoms with Gasteiger partial charge in [0.05, 0.1) is 10.2 Å². The number of nitrogens with two attached hydrogens (primary N) is 1. The van der Waals surface area contributed by atoms with Gasteiger partial charge >= 0.3 is 12.2 Å². The molecule has 176 valence electrons. The van der Waals surface area contributed by atoms with E-state index in [4.69, 9.17) is 5.73 Å². The molecule has 0 unspecified atom stereocenters. The Morgan fingerprint density at radius 3 is 2.42 bits per heavy atom. The molecule has 33 heavy (non-hydrogen) atoms. The summed E-state index contributed by atoms with van der Waals surface area (Å²) in [6.07, 6.45) is -4.81. The number of hydrogen-bond acceptors (Lipinski definition) is 5. The molecule has 4 N–H and O–H groups in total. The van der Waals surface area contributed by atoms with Crippen LogP contribution in [0.15, 0.2) is 42.5 Å². The fourth-order valence-corrected chi connectivity index (χ4v) is 4.09. The summed E-state index contributed by atoms with van der Waals surface area (Å²) in [7, 11) is 1.28. The second-order valence-corrected chi connectivity index (χ2v) is 8.53. The number of thiazole rings is 1. The Hall–Kier alpha value is -3.25. The van der Waals surface area contributed by atoms with E-state index < -0.39 is 35.9 Å². The van der Waals surface area contributed by atoms with Crippen molar-refractivity contribution in [2.75, 3.05) is 24.2 Å². The van der Waals surface area contributed by atoms with Crippen molar-refractivity contribution in [2.24, 2.45) is 5.73 Å². The fourth-order valence-electron chi connectivity index (χ4n) is 3.18. The molecule has 3 rings (SSSR count). The zero-order valence-corrected chi connectivity index (χ0v) is 18.4. The maximum atomic E-state index is 13.8. The Morgan fingerprint density at radius 2 is 1.82 bits per heavy atom. The number of urea groups is 1. The normalized spacial score (nSPS) is 13.4. The number of carbonyl (C=O) groups excluding carboxylic acids is 2. The predicted molar refractivity (Wildman–Crippen MR) is 119 cm³/mol. The Labute approximate surface area is 190 Å². The third-order valence-corrected chi connectivity index (χ3v) is 5.51. The highest BCUT2D eigenvalue weighted by Gasteiger charge is 2.47. The van der Waals surface area contributed by atoms with Gasteiger partial charge in [-0.15, -0.1) is 0 Å². The maximum absolute atomic E-state index is 13.8. The van der Waals surface area contributed by atoms with Crippen molar-refractivity contribution < 1.29 is 27.2 Å². The quantitative estimate of drug-likeness (QED) is 0.449. The topological polar surface area (TPSA) is 100 Å². The lowest BCUT2D eigenvalue weighted by Gasteiger charge is -2.27. The zero-order valence-electron chi connectivity index (χ0n) is 17.6. The molecule has 7 nitrogen and oxygen atoms in total. The van der Waals surface area contributed by atoms with Gasteiger partial charge in [-0.05, 0) is 48.9 Å². The van der Waals surface area contributed by atoms with E-state index in [9.17, 15) is 27.2 Å². The second kappa shape index (κ2) is 9.71. The summed E-state index contributed by atoms with van der Waals surface area (Å²) in [5.74, 6) is -3.92. The van der Waals surface area contributed by atoms with Crippen LogP contribution in [0.3, 0.4) is 0 Å². The molecule has 0 radical (unpaired) electrons. The number of nitrogens with zero attached hydrogens (tertiary/aromatic N) is 2. The number of halogens is 4. The molecule has 1 aromatic heterocycles. The van der Waals surface area contributed by atoms with E-state index in [0.29, 0.717) is 15.9 Å². The lowest BCUT2D eigenvalue weighted by atomic mass is 9.96. The Balaban J connectivity index is 1.81. The van der Waals surface area contributed by atoms with Gasteiger partial charge in [0.1, 0.15) is 5.82 Å². The number of fused-ring (bicyclic) bond motifs is 1. The molecule has 0 aliphatic heterocycles. The molecule has 0 aliphatic rings. The first-order chi connectivity index (χ1) is 15.4. The molecule has 3 aromatic rings. The molecule has 0 saturated carbocycles. The Bertz CT molecular complexity index is 1150. The van der Waals surface area contributed by atoms with Gasteiger partial charge in [0.15, 0.2) is 11.0 Å². The minimum atomic E-state index is -4.81. The molecule has 12 heteroatoms. The van der Waals surface area contributed by atoms with Gasteiger partial charge in [-0.2, -0.15) is 13.2 Å². The number of nitrogens with one attached hydrogen (secondary N) is 2. The average molecular weight is 483 g/mol. The van der Waals surface area contributed by atoms with Crippen LogP contribution in [0.25, 0.3) is 10.2 Å². The van der Waals surface area contributed by atoms with Crippen LogP contribution in [-0.4, -0.2) is 47.6 Å². The SMILES string of the molecule is C[C@H](N)CN(C)C(=O)[C@@H](c1ccc2nc(NC(=O)Nc3ccc(F)cc3)sc2c1)C(F)(F)F. The van der Waals surface area contributed by atoms with Crippen LogP contribution in [0.4, 0.5) is 33.2 Å². The molecule has 1 heterocycles. The number of amides is 3. The van der Waals surface area contributed by atoms with Gasteiger partial charge in [-0.1, -0.05) is 17.4 Å². The molecule has 0 bridgehead atoms. The predicted octanol–water partition coefficient (Wildman–Crippen LogP) is 4.53. The Morgan fingerprint density at radius 1 is 1.15 bits per heavy atom. The molecule has 0 spiro atoms. The summed E-state index contributed by atoms with van der Waals surface area (Å²) in [5, 5.41) is 5.13. The van der Waals surface area contributed by atoms with E-state index >= 15 is 0 Å². The van der Waals surface area contributed by atoms with E-state index in [2.05, 4.69) is 15.6 Å². The summed E-state index contributed by atoms with van der Waals surface area (Å²) in [5.41, 5.74) is 6.09. The second-order valence-electron chi connectivity index (χ2n) is 7.50. The number of carbonyl (C=O) groups is 2. The van der Waals surface area contributed by atoms with Gasteiger partial charge < -0.3 is 16.0 Å². The van der Waals surface area contributed by atoms with Crippen LogP contribution in [0.2, 0.25) is 0 Å². The molecule has 0 fully saturated rings. The van der Waals surface area contributed by atoms with E-state index in [1.165, 1.54) is 49.5 Å². The van der Waals surface area contributed by atoms with Crippen molar-refractivity contribution >= 4 is 44.3 Å². The van der Waals surface area contributed by atoms with E-state index in [-0.39, 0.29) is 17.2 Å². The number of aromatic nitrogens is 1. The van der Waals surface area contributed by atoms with Crippen LogP contribution in [0, 0.1) is 5.82 Å². The lowest BCUT2D eigenvalue weighted by molar-refractivity contribution is -0.171. The van der Waals surface area contributed by atoms with Gasteiger partial charge in [0.25, 0.3) is 0 Å². The first-order valence-corrected chi connectivity index (χ1v) is 10.6. The largest absolute Gasteiger partial charge is 0.404 e. The number of benzene rings is 2. The van der Waals surface area contributed by atoms with Crippen molar-refractivity contribution in [3.05, 3.63) is 53.8 Å². The number of anilines is 2. The molecule has 3 amide bonds. The molecular weight excluding hydrogens is 462 g/mol. The van der Waals surface area contributed by atoms with Gasteiger partial charge in [0, 0.05) is 25.3 Å². The highest BCUT2D eigenvalue weighted by atomic mass is 32.1. The summed E-state index contributed by atoms with van der Waals surface area (Å²) < 4.78 is 54.7. The van der Waals surface area contributed by atoms with E-state index in [1.807, 2.05) is 0 Å². The fraction of sp³-hybridized carbons (Fsp3) is 0.286. The van der Waals surface area contributed by atoms with E-state index in [0.717, 1.165) is 16.2 Å². The van der Waals surface area contributed by atoms with Crippen molar-refractivity contribution in [1.82, 2.24) is 9.88 Å². The van der Waals surface area contributed by atoms with Gasteiger partial charge in [-0.25, -0.2) is 14.2 Å². The van der Waals surface area contributed by atoms with Gasteiger partial charge in [0.2, 0.25) is 5.91 Å². The van der Waals surface area contributed by atoms with Crippen molar-refractivity contribution in [2.45, 2.75) is 25.1 Å².